The van der Waals surface area contributed by atoms with Crippen molar-refractivity contribution in [1.29, 1.82) is 0 Å². The van der Waals surface area contributed by atoms with E-state index in [4.69, 9.17) is 13.3 Å². The molecule has 10 rings (SSSR count). The number of furan rings is 1. The Morgan fingerprint density at radius 2 is 0.938 bits per heavy atom. The minimum absolute atomic E-state index is 0.718. The van der Waals surface area contributed by atoms with Crippen LogP contribution in [0.2, 0.25) is 0 Å². The lowest BCUT2D eigenvalue weighted by Crippen LogP contribution is -1.62. The van der Waals surface area contributed by atoms with Gasteiger partial charge in [0.25, 0.3) is 0 Å². The average molecular weight is 1200 g/mol. The molecule has 464 valence electrons. The van der Waals surface area contributed by atoms with Gasteiger partial charge in [0, 0.05) is 70.4 Å². The highest BCUT2D eigenvalue weighted by atomic mass is 32.1. The molecule has 0 bridgehead atoms. The molecule has 10 aromatic rings. The maximum Gasteiger partial charge on any atom is 0.190 e. The van der Waals surface area contributed by atoms with E-state index >= 15 is 0 Å². The summed E-state index contributed by atoms with van der Waals surface area (Å²) in [6.45, 7) is 59.7. The van der Waals surface area contributed by atoms with E-state index in [1.807, 2.05) is 252 Å². The molecule has 0 amide bonds. The van der Waals surface area contributed by atoms with Crippen LogP contribution in [-0.4, -0.2) is 34.5 Å². The Labute approximate surface area is 513 Å². The lowest BCUT2D eigenvalue weighted by Gasteiger charge is -1.82. The van der Waals surface area contributed by atoms with Crippen LogP contribution in [0.5, 0.6) is 0 Å². The van der Waals surface area contributed by atoms with Crippen molar-refractivity contribution < 1.29 is 17.8 Å². The molecular weight excluding hydrogens is 1080 g/mol. The van der Waals surface area contributed by atoms with E-state index in [1.165, 1.54) is 37.4 Å². The predicted octanol–water partition coefficient (Wildman–Crippen LogP) is 24.5. The normalized spacial score (nSPS) is 7.38. The molecule has 0 aliphatic rings. The highest BCUT2D eigenvalue weighted by Gasteiger charge is 1.81. The number of oxazole rings is 2. The van der Waals surface area contributed by atoms with E-state index in [9.17, 15) is 0 Å². The standard InChI is InChI=1S/C7H8.C5H7N.C5H6O.C5H6S.3C4H5NO.3C4H5NS.10C2H6/c1-7-5-3-2-4-6-7;3*1-5-3-2-4-6-5;2*1-4-5-2-3-6-4;1-4-2-3-5-6-4;1-4-2-5-3-6-4;1-4-5-2-3-6-4;1-4-2-3-5-6-4;10*1-2/h2-6H,1H3;2-4,6H,1H3;2*2-4H,1H3;6*2-3H,1H3;10*1-2H3. The van der Waals surface area contributed by atoms with Crippen molar-refractivity contribution in [2.45, 2.75) is 208 Å². The van der Waals surface area contributed by atoms with Crippen LogP contribution in [0.4, 0.5) is 0 Å². The van der Waals surface area contributed by atoms with Gasteiger partial charge in [-0.2, -0.15) is 0 Å². The van der Waals surface area contributed by atoms with E-state index in [1.54, 1.807) is 104 Å². The highest BCUT2D eigenvalue weighted by Crippen LogP contribution is 2.04. The second-order valence-corrected chi connectivity index (χ2v) is 16.3. The van der Waals surface area contributed by atoms with Crippen molar-refractivity contribution in [2.75, 3.05) is 0 Å². The topological polar surface area (TPSA) is 146 Å². The van der Waals surface area contributed by atoms with Crippen LogP contribution in [0, 0.1) is 69.2 Å². The van der Waals surface area contributed by atoms with Gasteiger partial charge in [0.05, 0.1) is 35.4 Å². The molecule has 0 saturated heterocycles. The summed E-state index contributed by atoms with van der Waals surface area (Å²) in [6.07, 6.45) is 17.0. The minimum atomic E-state index is 0.718. The fraction of sp³-hybridized carbons (Fsp3) is 0.455. The Hall–Kier alpha value is -6.00. The molecule has 9 heterocycles. The molecule has 0 radical (unpaired) electrons. The number of aromatic amines is 1. The van der Waals surface area contributed by atoms with E-state index in [0.717, 1.165) is 28.3 Å². The van der Waals surface area contributed by atoms with Crippen molar-refractivity contribution in [3.05, 3.63) is 211 Å². The largest absolute Gasteiger partial charge is 0.470 e. The molecule has 0 fully saturated rings. The zero-order valence-corrected chi connectivity index (χ0v) is 59.7. The third kappa shape index (κ3) is 90.8. The van der Waals surface area contributed by atoms with Crippen molar-refractivity contribution >= 4 is 45.5 Å². The van der Waals surface area contributed by atoms with Gasteiger partial charge < -0.3 is 22.8 Å². The molecule has 81 heavy (non-hydrogen) atoms. The van der Waals surface area contributed by atoms with Crippen LogP contribution in [0.15, 0.2) is 175 Å². The van der Waals surface area contributed by atoms with Crippen molar-refractivity contribution in [3.8, 4) is 0 Å². The van der Waals surface area contributed by atoms with Gasteiger partial charge in [-0.25, -0.2) is 14.3 Å². The average Bonchev–Trinajstić information content (AvgIpc) is 4.36. The molecule has 0 saturated carbocycles. The monoisotopic (exact) mass is 1200 g/mol. The van der Waals surface area contributed by atoms with E-state index in [-0.39, 0.29) is 0 Å². The lowest BCUT2D eigenvalue weighted by atomic mass is 10.2. The van der Waals surface area contributed by atoms with Crippen LogP contribution < -0.4 is 0 Å². The maximum atomic E-state index is 4.83. The molecule has 0 aliphatic heterocycles. The number of H-pyrrole nitrogens is 1. The molecule has 0 spiro atoms. The molecule has 0 aliphatic carbocycles. The Morgan fingerprint density at radius 3 is 1.06 bits per heavy atom. The van der Waals surface area contributed by atoms with Gasteiger partial charge in [-0.3, -0.25) is 9.97 Å². The molecular formula is C66H117N7O4S4. The van der Waals surface area contributed by atoms with Crippen LogP contribution in [0.1, 0.15) is 193 Å². The number of nitrogens with zero attached hydrogens (tertiary/aromatic N) is 6. The Kier molecular flexibility index (Phi) is 112. The quantitative estimate of drug-likeness (QED) is 0.156. The first-order valence-electron chi connectivity index (χ1n) is 28.7. The number of nitrogens with one attached hydrogen (secondary N) is 1. The van der Waals surface area contributed by atoms with Crippen LogP contribution in [0.3, 0.4) is 0 Å². The van der Waals surface area contributed by atoms with Gasteiger partial charge >= 0.3 is 0 Å². The predicted molar refractivity (Wildman–Crippen MR) is 367 cm³/mol. The number of aromatic nitrogens is 7. The van der Waals surface area contributed by atoms with Gasteiger partial charge in [-0.05, 0) is 109 Å². The highest BCUT2D eigenvalue weighted by molar-refractivity contribution is 7.10. The number of aryl methyl sites for hydroxylation is 10. The van der Waals surface area contributed by atoms with Crippen LogP contribution >= 0.6 is 45.5 Å². The number of hydrogen-bond donors (Lipinski definition) is 1. The van der Waals surface area contributed by atoms with Gasteiger partial charge in [0.1, 0.15) is 24.0 Å². The molecule has 15 heteroatoms. The van der Waals surface area contributed by atoms with E-state index in [2.05, 4.69) is 82.5 Å². The van der Waals surface area contributed by atoms with Crippen molar-refractivity contribution in [3.63, 3.8) is 0 Å². The summed E-state index contributed by atoms with van der Waals surface area (Å²) < 4.78 is 22.7. The molecule has 1 aromatic carbocycles. The van der Waals surface area contributed by atoms with Crippen LogP contribution in [-0.2, 0) is 0 Å². The summed E-state index contributed by atoms with van der Waals surface area (Å²) in [6, 6.07) is 26.0. The van der Waals surface area contributed by atoms with Crippen molar-refractivity contribution in [2.24, 2.45) is 0 Å². The number of benzene rings is 1. The van der Waals surface area contributed by atoms with Gasteiger partial charge in [0.15, 0.2) is 11.8 Å². The smallest absolute Gasteiger partial charge is 0.190 e. The van der Waals surface area contributed by atoms with Crippen LogP contribution in [0.25, 0.3) is 0 Å². The zero-order valence-electron chi connectivity index (χ0n) is 56.5. The third-order valence-electron chi connectivity index (χ3n) is 6.38. The number of thiazole rings is 2. The Balaban J connectivity index is -0.0000000835. The second kappa shape index (κ2) is 93.3. The SMILES string of the molecule is CC.CC.CC.CC.CC.CC.CC.CC.CC.CC.Cc1ccc[nH]1.Cc1ccccc1.Cc1ccco1.Cc1cccs1.Cc1ccno1.Cc1ccns1.Cc1cncs1.Cc1ncco1.Cc1ncco1.Cc1nccs1. The molecule has 11 nitrogen and oxygen atoms in total. The summed E-state index contributed by atoms with van der Waals surface area (Å²) in [5, 5.41) is 8.63. The third-order valence-corrected chi connectivity index (χ3v) is 9.24. The fourth-order valence-electron chi connectivity index (χ4n) is 3.40. The second-order valence-electron chi connectivity index (χ2n) is 12.0. The first kappa shape index (κ1) is 97.2. The number of hydrogen-bond acceptors (Lipinski definition) is 14. The van der Waals surface area contributed by atoms with Gasteiger partial charge in [-0.1, -0.05) is 186 Å². The zero-order chi connectivity index (χ0) is 64.8. The lowest BCUT2D eigenvalue weighted by molar-refractivity contribution is 0.397. The first-order valence-corrected chi connectivity index (χ1v) is 32.2. The van der Waals surface area contributed by atoms with Gasteiger partial charge in [0.2, 0.25) is 0 Å². The van der Waals surface area contributed by atoms with Gasteiger partial charge in [-0.15, -0.1) is 34.0 Å². The number of rotatable bonds is 0. The Morgan fingerprint density at radius 1 is 0.395 bits per heavy atom. The summed E-state index contributed by atoms with van der Waals surface area (Å²) in [4.78, 5) is 22.2. The fourth-order valence-corrected chi connectivity index (χ4v) is 5.19. The summed E-state index contributed by atoms with van der Waals surface area (Å²) in [5.41, 5.74) is 4.37. The summed E-state index contributed by atoms with van der Waals surface area (Å²) >= 11 is 6.64. The summed E-state index contributed by atoms with van der Waals surface area (Å²) in [5.74, 6) is 3.26. The Bertz CT molecular complexity index is 1770. The molecule has 0 unspecified atom stereocenters. The van der Waals surface area contributed by atoms with E-state index < -0.39 is 0 Å². The van der Waals surface area contributed by atoms with E-state index in [0.29, 0.717) is 0 Å². The summed E-state index contributed by atoms with van der Waals surface area (Å²) in [7, 11) is 0. The maximum absolute atomic E-state index is 4.83. The van der Waals surface area contributed by atoms with Crippen molar-refractivity contribution in [1.82, 2.24) is 34.5 Å². The molecule has 9 aromatic heterocycles. The number of thiophene rings is 1. The molecule has 0 atom stereocenters. The minimum Gasteiger partial charge on any atom is -0.470 e. The molecule has 1 N–H and O–H groups in total. The first-order chi connectivity index (χ1) is 39.4.